The molecule has 5 nitrogen and oxygen atoms in total. The van der Waals surface area contributed by atoms with Crippen molar-refractivity contribution in [2.75, 3.05) is 13.1 Å². The Morgan fingerprint density at radius 1 is 1.12 bits per heavy atom. The molecule has 0 spiro atoms. The fourth-order valence-electron chi connectivity index (χ4n) is 4.35. The van der Waals surface area contributed by atoms with Gasteiger partial charge in [0.25, 0.3) is 5.91 Å². The number of aromatic hydroxyl groups is 1. The molecule has 1 saturated heterocycles. The number of likely N-dealkylation sites (tertiary alicyclic amines) is 1. The van der Waals surface area contributed by atoms with Crippen molar-refractivity contribution in [2.45, 2.75) is 25.4 Å². The van der Waals surface area contributed by atoms with Crippen molar-refractivity contribution in [3.63, 3.8) is 0 Å². The molecule has 1 fully saturated rings. The molecule has 26 heavy (non-hydrogen) atoms. The maximum absolute atomic E-state index is 12.5. The summed E-state index contributed by atoms with van der Waals surface area (Å²) in [6.07, 6.45) is 2.48. The number of phenolic OH excluding ortho intramolecular Hbond substituents is 1. The van der Waals surface area contributed by atoms with E-state index >= 15 is 0 Å². The minimum atomic E-state index is -0.238. The molecule has 2 aliphatic rings. The Morgan fingerprint density at radius 3 is 2.77 bits per heavy atom. The number of phenols is 1. The number of nitrogens with one attached hydrogen (secondary N) is 2. The number of rotatable bonds is 3. The van der Waals surface area contributed by atoms with Crippen LogP contribution in [0.3, 0.4) is 0 Å². The van der Waals surface area contributed by atoms with Gasteiger partial charge >= 0.3 is 0 Å². The Balaban J connectivity index is 1.66. The topological polar surface area (TPSA) is 68.4 Å². The quantitative estimate of drug-likeness (QED) is 0.681. The summed E-state index contributed by atoms with van der Waals surface area (Å²) in [5, 5.41) is 14.2. The maximum Gasteiger partial charge on any atom is 0.252 e. The molecule has 0 bridgehead atoms. The molecule has 3 aromatic rings. The maximum atomic E-state index is 12.5. The third-order valence-electron chi connectivity index (χ3n) is 5.56. The van der Waals surface area contributed by atoms with Gasteiger partial charge in [-0.25, -0.2) is 0 Å². The summed E-state index contributed by atoms with van der Waals surface area (Å²) in [7, 11) is 0. The molecule has 132 valence electrons. The van der Waals surface area contributed by atoms with E-state index in [0.717, 1.165) is 47.4 Å². The molecule has 1 atom stereocenters. The van der Waals surface area contributed by atoms with E-state index in [4.69, 9.17) is 0 Å². The van der Waals surface area contributed by atoms with Crippen LogP contribution in [0.4, 0.5) is 0 Å². The summed E-state index contributed by atoms with van der Waals surface area (Å²) in [4.78, 5) is 18.5. The zero-order valence-electron chi connectivity index (χ0n) is 14.5. The van der Waals surface area contributed by atoms with E-state index in [1.807, 2.05) is 12.1 Å². The summed E-state index contributed by atoms with van der Waals surface area (Å²) >= 11 is 0. The molecule has 3 heterocycles. The van der Waals surface area contributed by atoms with Crippen molar-refractivity contribution in [1.82, 2.24) is 15.2 Å². The third kappa shape index (κ3) is 2.39. The smallest absolute Gasteiger partial charge is 0.252 e. The minimum absolute atomic E-state index is 0.0811. The van der Waals surface area contributed by atoms with Gasteiger partial charge in [-0.1, -0.05) is 18.2 Å². The standard InChI is InChI=1S/C21H21N3O2/c25-13-7-8-14-16(11-13)20(23-21(14)26)19-15-5-1-2-6-17(15)22-18(19)12-24-9-3-4-10-24/h1-2,5-8,11,20,22,25H,3-4,9-10,12H2,(H,23,26)/t20-/m0/s1. The normalized spacial score (nSPS) is 19.8. The zero-order valence-corrected chi connectivity index (χ0v) is 14.5. The van der Waals surface area contributed by atoms with Crippen LogP contribution in [0.2, 0.25) is 0 Å². The van der Waals surface area contributed by atoms with E-state index in [0.29, 0.717) is 5.56 Å². The number of para-hydroxylation sites is 1. The van der Waals surface area contributed by atoms with Crippen molar-refractivity contribution in [3.8, 4) is 5.75 Å². The van der Waals surface area contributed by atoms with Gasteiger partial charge in [0.05, 0.1) is 6.04 Å². The zero-order chi connectivity index (χ0) is 17.7. The summed E-state index contributed by atoms with van der Waals surface area (Å²) in [5.74, 6) is 0.105. The van der Waals surface area contributed by atoms with E-state index in [-0.39, 0.29) is 17.7 Å². The molecule has 3 N–H and O–H groups in total. The van der Waals surface area contributed by atoms with Crippen LogP contribution in [0.1, 0.15) is 46.1 Å². The van der Waals surface area contributed by atoms with Crippen LogP contribution in [-0.4, -0.2) is 34.0 Å². The average molecular weight is 347 g/mol. The Morgan fingerprint density at radius 2 is 1.92 bits per heavy atom. The number of amides is 1. The number of H-pyrrole nitrogens is 1. The SMILES string of the molecule is O=C1N[C@H](c2c(CN3CCCC3)[nH]c3ccccc23)c2cc(O)ccc21. The second-order valence-corrected chi connectivity index (χ2v) is 7.22. The molecule has 0 unspecified atom stereocenters. The number of nitrogens with zero attached hydrogens (tertiary/aromatic N) is 1. The Labute approximate surface area is 151 Å². The number of aromatic nitrogens is 1. The molecule has 5 rings (SSSR count). The first kappa shape index (κ1) is 15.5. The highest BCUT2D eigenvalue weighted by Gasteiger charge is 2.33. The lowest BCUT2D eigenvalue weighted by atomic mass is 9.95. The fourth-order valence-corrected chi connectivity index (χ4v) is 4.35. The summed E-state index contributed by atoms with van der Waals surface area (Å²) < 4.78 is 0. The van der Waals surface area contributed by atoms with Crippen molar-refractivity contribution in [1.29, 1.82) is 0 Å². The monoisotopic (exact) mass is 347 g/mol. The molecule has 2 aliphatic heterocycles. The average Bonchev–Trinajstić information content (AvgIpc) is 3.33. The highest BCUT2D eigenvalue weighted by Crippen LogP contribution is 2.39. The van der Waals surface area contributed by atoms with Gasteiger partial charge in [0.1, 0.15) is 5.75 Å². The lowest BCUT2D eigenvalue weighted by Crippen LogP contribution is -2.23. The number of carbonyl (C=O) groups excluding carboxylic acids is 1. The van der Waals surface area contributed by atoms with Crippen molar-refractivity contribution < 1.29 is 9.90 Å². The first-order chi connectivity index (χ1) is 12.7. The second kappa shape index (κ2) is 5.88. The first-order valence-corrected chi connectivity index (χ1v) is 9.16. The number of carbonyl (C=O) groups is 1. The van der Waals surface area contributed by atoms with Gasteiger partial charge in [-0.2, -0.15) is 0 Å². The predicted octanol–water partition coefficient (Wildman–Crippen LogP) is 3.30. The Bertz CT molecular complexity index is 1000. The Kier molecular flexibility index (Phi) is 3.50. The molecule has 5 heteroatoms. The molecule has 1 amide bonds. The molecule has 0 radical (unpaired) electrons. The molecular weight excluding hydrogens is 326 g/mol. The van der Waals surface area contributed by atoms with Crippen LogP contribution in [-0.2, 0) is 6.54 Å². The van der Waals surface area contributed by atoms with Gasteiger partial charge in [0.2, 0.25) is 0 Å². The van der Waals surface area contributed by atoms with Crippen molar-refractivity contribution in [3.05, 3.63) is 64.8 Å². The van der Waals surface area contributed by atoms with E-state index in [1.165, 1.54) is 12.8 Å². The van der Waals surface area contributed by atoms with E-state index in [1.54, 1.807) is 18.2 Å². The molecular formula is C21H21N3O2. The van der Waals surface area contributed by atoms with Gasteiger partial charge in [0, 0.05) is 34.3 Å². The summed E-state index contributed by atoms with van der Waals surface area (Å²) in [5.41, 5.74) is 4.84. The molecule has 0 saturated carbocycles. The lowest BCUT2D eigenvalue weighted by molar-refractivity contribution is 0.0960. The lowest BCUT2D eigenvalue weighted by Gasteiger charge is -2.18. The molecule has 2 aromatic carbocycles. The first-order valence-electron chi connectivity index (χ1n) is 9.16. The number of aromatic amines is 1. The Hall–Kier alpha value is -2.79. The number of fused-ring (bicyclic) bond motifs is 2. The van der Waals surface area contributed by atoms with Gasteiger partial charge in [-0.05, 0) is 55.8 Å². The molecule has 1 aromatic heterocycles. The number of benzene rings is 2. The summed E-state index contributed by atoms with van der Waals surface area (Å²) in [6.45, 7) is 3.08. The third-order valence-corrected chi connectivity index (χ3v) is 5.56. The van der Waals surface area contributed by atoms with Gasteiger partial charge < -0.3 is 15.4 Å². The van der Waals surface area contributed by atoms with Crippen LogP contribution in [0.25, 0.3) is 10.9 Å². The van der Waals surface area contributed by atoms with Crippen LogP contribution in [0.5, 0.6) is 5.75 Å². The van der Waals surface area contributed by atoms with Crippen molar-refractivity contribution >= 4 is 16.8 Å². The van der Waals surface area contributed by atoms with Gasteiger partial charge in [0.15, 0.2) is 0 Å². The van der Waals surface area contributed by atoms with E-state index in [2.05, 4.69) is 27.3 Å². The van der Waals surface area contributed by atoms with Crippen LogP contribution in [0.15, 0.2) is 42.5 Å². The molecule has 0 aliphatic carbocycles. The largest absolute Gasteiger partial charge is 0.508 e. The van der Waals surface area contributed by atoms with E-state index in [9.17, 15) is 9.90 Å². The van der Waals surface area contributed by atoms with Gasteiger partial charge in [-0.15, -0.1) is 0 Å². The van der Waals surface area contributed by atoms with Crippen LogP contribution in [0, 0.1) is 0 Å². The van der Waals surface area contributed by atoms with Crippen molar-refractivity contribution in [2.24, 2.45) is 0 Å². The van der Waals surface area contributed by atoms with E-state index < -0.39 is 0 Å². The second-order valence-electron chi connectivity index (χ2n) is 7.22. The highest BCUT2D eigenvalue weighted by molar-refractivity contribution is 6.01. The number of hydrogen-bond donors (Lipinski definition) is 3. The minimum Gasteiger partial charge on any atom is -0.508 e. The summed E-state index contributed by atoms with van der Waals surface area (Å²) in [6, 6.07) is 13.0. The predicted molar refractivity (Wildman–Crippen MR) is 100 cm³/mol. The van der Waals surface area contributed by atoms with Crippen LogP contribution >= 0.6 is 0 Å². The fraction of sp³-hybridized carbons (Fsp3) is 0.286. The van der Waals surface area contributed by atoms with Gasteiger partial charge in [-0.3, -0.25) is 9.69 Å². The van der Waals surface area contributed by atoms with Crippen LogP contribution < -0.4 is 5.32 Å². The highest BCUT2D eigenvalue weighted by atomic mass is 16.3. The number of hydrogen-bond acceptors (Lipinski definition) is 3.